The van der Waals surface area contributed by atoms with Crippen molar-refractivity contribution in [3.05, 3.63) is 78.4 Å². The van der Waals surface area contributed by atoms with Gasteiger partial charge in [0.25, 0.3) is 10.0 Å². The second-order valence-electron chi connectivity index (χ2n) is 8.82. The van der Waals surface area contributed by atoms with E-state index in [1.165, 1.54) is 0 Å². The first-order chi connectivity index (χ1) is 17.0. The smallest absolute Gasteiger partial charge is 0.285 e. The molecular formula is C26H23N5O3S. The third-order valence-electron chi connectivity index (χ3n) is 6.59. The van der Waals surface area contributed by atoms with Crippen LogP contribution in [0, 0.1) is 5.92 Å². The van der Waals surface area contributed by atoms with Gasteiger partial charge < -0.3 is 15.2 Å². The molecule has 2 N–H and O–H groups in total. The van der Waals surface area contributed by atoms with Gasteiger partial charge in [0.05, 0.1) is 11.0 Å². The minimum atomic E-state index is -3.65. The molecule has 9 heteroatoms. The Morgan fingerprint density at radius 2 is 1.66 bits per heavy atom. The number of hydrogen-bond donors (Lipinski definition) is 2. The fraction of sp³-hybridized carbons (Fsp3) is 0.192. The average Bonchev–Trinajstić information content (AvgIpc) is 3.43. The van der Waals surface area contributed by atoms with Crippen LogP contribution in [0.15, 0.2) is 82.1 Å². The molecule has 3 aromatic carbocycles. The number of fused-ring (bicyclic) bond motifs is 2. The number of para-hydroxylation sites is 2. The number of carbonyl (C=O) groups is 1. The highest BCUT2D eigenvalue weighted by molar-refractivity contribution is 7.90. The third kappa shape index (κ3) is 3.97. The van der Waals surface area contributed by atoms with Gasteiger partial charge in [0.2, 0.25) is 5.91 Å². The standard InChI is InChI=1S/C26H23N5O3S/c32-26(27-19-11-9-17(10-12-19)24-28-21-6-2-3-7-22(21)29-24)18-13-15-31(16-14-18)25-20-5-1-4-8-23(20)35(33,34)30-25/h1-12,18H,13-16H2,(H,27,32)(H,28,29). The number of nitrogens with one attached hydrogen (secondary N) is 2. The van der Waals surface area contributed by atoms with Gasteiger partial charge in [-0.15, -0.1) is 4.40 Å². The van der Waals surface area contributed by atoms with Crippen LogP contribution >= 0.6 is 0 Å². The van der Waals surface area contributed by atoms with E-state index in [1.54, 1.807) is 18.2 Å². The van der Waals surface area contributed by atoms with Crippen molar-refractivity contribution >= 4 is 38.5 Å². The first-order valence-corrected chi connectivity index (χ1v) is 13.0. The zero-order valence-corrected chi connectivity index (χ0v) is 19.6. The number of likely N-dealkylation sites (tertiary alicyclic amines) is 1. The zero-order chi connectivity index (χ0) is 24.0. The Hall–Kier alpha value is -3.98. The number of piperidine rings is 1. The lowest BCUT2D eigenvalue weighted by Gasteiger charge is -2.32. The van der Waals surface area contributed by atoms with E-state index in [9.17, 15) is 13.2 Å². The van der Waals surface area contributed by atoms with Gasteiger partial charge in [-0.2, -0.15) is 8.42 Å². The molecule has 1 aromatic heterocycles. The number of rotatable bonds is 3. The van der Waals surface area contributed by atoms with Crippen LogP contribution in [0.1, 0.15) is 18.4 Å². The van der Waals surface area contributed by atoms with Gasteiger partial charge in [0, 0.05) is 35.8 Å². The van der Waals surface area contributed by atoms with Crippen molar-refractivity contribution < 1.29 is 13.2 Å². The van der Waals surface area contributed by atoms with Gasteiger partial charge in [-0.05, 0) is 61.4 Å². The van der Waals surface area contributed by atoms with Gasteiger partial charge in [-0.3, -0.25) is 4.79 Å². The fourth-order valence-corrected chi connectivity index (χ4v) is 5.94. The first-order valence-electron chi connectivity index (χ1n) is 11.5. The van der Waals surface area contributed by atoms with Crippen LogP contribution in [0.3, 0.4) is 0 Å². The molecule has 176 valence electrons. The van der Waals surface area contributed by atoms with Crippen LogP contribution < -0.4 is 5.32 Å². The fourth-order valence-electron chi connectivity index (χ4n) is 4.72. The average molecular weight is 486 g/mol. The Balaban J connectivity index is 1.09. The van der Waals surface area contributed by atoms with E-state index in [1.807, 2.05) is 59.5 Å². The number of amidine groups is 1. The van der Waals surface area contributed by atoms with Crippen LogP contribution in [0.25, 0.3) is 22.4 Å². The van der Waals surface area contributed by atoms with Crippen molar-refractivity contribution in [2.24, 2.45) is 10.3 Å². The number of benzene rings is 3. The largest absolute Gasteiger partial charge is 0.355 e. The number of carbonyl (C=O) groups excluding carboxylic acids is 1. The molecule has 0 spiro atoms. The van der Waals surface area contributed by atoms with E-state index in [2.05, 4.69) is 19.7 Å². The van der Waals surface area contributed by atoms with E-state index in [0.29, 0.717) is 37.3 Å². The molecule has 1 fully saturated rings. The highest BCUT2D eigenvalue weighted by Gasteiger charge is 2.34. The van der Waals surface area contributed by atoms with Crippen molar-refractivity contribution in [1.82, 2.24) is 14.9 Å². The molecule has 35 heavy (non-hydrogen) atoms. The molecule has 0 radical (unpaired) electrons. The summed E-state index contributed by atoms with van der Waals surface area (Å²) in [6, 6.07) is 22.4. The molecule has 0 atom stereocenters. The Morgan fingerprint density at radius 3 is 2.43 bits per heavy atom. The topological polar surface area (TPSA) is 108 Å². The summed E-state index contributed by atoms with van der Waals surface area (Å²) in [6.07, 6.45) is 1.26. The number of aromatic nitrogens is 2. The van der Waals surface area contributed by atoms with Crippen LogP contribution in [0.5, 0.6) is 0 Å². The van der Waals surface area contributed by atoms with Gasteiger partial charge in [0.1, 0.15) is 10.7 Å². The van der Waals surface area contributed by atoms with Crippen molar-refractivity contribution in [2.75, 3.05) is 18.4 Å². The maximum Gasteiger partial charge on any atom is 0.285 e. The molecule has 0 aliphatic carbocycles. The Morgan fingerprint density at radius 1 is 0.943 bits per heavy atom. The summed E-state index contributed by atoms with van der Waals surface area (Å²) in [5, 5.41) is 3.02. The van der Waals surface area contributed by atoms with Crippen LogP contribution in [0.4, 0.5) is 5.69 Å². The van der Waals surface area contributed by atoms with Gasteiger partial charge in [-0.1, -0.05) is 24.3 Å². The second kappa shape index (κ2) is 8.35. The molecule has 2 aliphatic rings. The van der Waals surface area contributed by atoms with E-state index in [0.717, 1.165) is 28.1 Å². The number of H-pyrrole nitrogens is 1. The number of anilines is 1. The molecule has 2 aliphatic heterocycles. The summed E-state index contributed by atoms with van der Waals surface area (Å²) >= 11 is 0. The van der Waals surface area contributed by atoms with Crippen molar-refractivity contribution in [2.45, 2.75) is 17.7 Å². The summed E-state index contributed by atoms with van der Waals surface area (Å²) in [7, 11) is -3.65. The molecule has 0 unspecified atom stereocenters. The normalized spacial score (nSPS) is 17.3. The summed E-state index contributed by atoms with van der Waals surface area (Å²) in [5.41, 5.74) is 4.21. The lowest BCUT2D eigenvalue weighted by atomic mass is 9.95. The summed E-state index contributed by atoms with van der Waals surface area (Å²) < 4.78 is 28.7. The molecule has 1 saturated heterocycles. The number of nitrogens with zero attached hydrogens (tertiary/aromatic N) is 3. The minimum absolute atomic E-state index is 0.0254. The third-order valence-corrected chi connectivity index (χ3v) is 7.92. The van der Waals surface area contributed by atoms with E-state index in [4.69, 9.17) is 0 Å². The lowest BCUT2D eigenvalue weighted by Crippen LogP contribution is -2.41. The maximum absolute atomic E-state index is 12.9. The second-order valence-corrected chi connectivity index (χ2v) is 10.4. The minimum Gasteiger partial charge on any atom is -0.355 e. The number of sulfonamides is 1. The molecule has 8 nitrogen and oxygen atoms in total. The number of aromatic amines is 1. The van der Waals surface area contributed by atoms with E-state index >= 15 is 0 Å². The predicted molar refractivity (Wildman–Crippen MR) is 135 cm³/mol. The number of imidazole rings is 1. The molecular weight excluding hydrogens is 462 g/mol. The Kier molecular flexibility index (Phi) is 5.14. The van der Waals surface area contributed by atoms with Crippen LogP contribution in [-0.4, -0.2) is 48.1 Å². The summed E-state index contributed by atoms with van der Waals surface area (Å²) in [6.45, 7) is 1.15. The zero-order valence-electron chi connectivity index (χ0n) is 18.8. The van der Waals surface area contributed by atoms with Gasteiger partial charge in [-0.25, -0.2) is 4.98 Å². The van der Waals surface area contributed by atoms with E-state index < -0.39 is 10.0 Å². The van der Waals surface area contributed by atoms with Crippen molar-refractivity contribution in [3.63, 3.8) is 0 Å². The van der Waals surface area contributed by atoms with Gasteiger partial charge >= 0.3 is 0 Å². The lowest BCUT2D eigenvalue weighted by molar-refractivity contribution is -0.120. The number of amides is 1. The predicted octanol–water partition coefficient (Wildman–Crippen LogP) is 4.03. The summed E-state index contributed by atoms with van der Waals surface area (Å²) in [5.74, 6) is 1.10. The maximum atomic E-state index is 12.9. The van der Waals surface area contributed by atoms with Crippen LogP contribution in [0.2, 0.25) is 0 Å². The summed E-state index contributed by atoms with van der Waals surface area (Å²) in [4.78, 5) is 23.0. The molecule has 4 aromatic rings. The highest BCUT2D eigenvalue weighted by Crippen LogP contribution is 2.30. The molecule has 1 amide bonds. The number of hydrogen-bond acceptors (Lipinski definition) is 5. The first kappa shape index (κ1) is 21.5. The van der Waals surface area contributed by atoms with E-state index in [-0.39, 0.29) is 16.7 Å². The van der Waals surface area contributed by atoms with Crippen LogP contribution in [-0.2, 0) is 14.8 Å². The highest BCUT2D eigenvalue weighted by atomic mass is 32.2. The van der Waals surface area contributed by atoms with Crippen molar-refractivity contribution in [1.29, 1.82) is 0 Å². The molecule has 0 saturated carbocycles. The quantitative estimate of drug-likeness (QED) is 0.456. The Bertz CT molecular complexity index is 1530. The van der Waals surface area contributed by atoms with Gasteiger partial charge in [0.15, 0.2) is 5.84 Å². The molecule has 6 rings (SSSR count). The molecule has 0 bridgehead atoms. The monoisotopic (exact) mass is 485 g/mol. The molecule has 3 heterocycles. The Labute approximate surface area is 202 Å². The SMILES string of the molecule is O=C(Nc1ccc(-c2nc3ccccc3[nH]2)cc1)C1CCN(C2=NS(=O)(=O)c3ccccc32)CC1. The van der Waals surface area contributed by atoms with Crippen molar-refractivity contribution in [3.8, 4) is 11.4 Å².